The zero-order chi connectivity index (χ0) is 12.7. The van der Waals surface area contributed by atoms with Gasteiger partial charge >= 0.3 is 0 Å². The molecule has 1 aromatic carbocycles. The molecule has 0 atom stereocenters. The van der Waals surface area contributed by atoms with Gasteiger partial charge < -0.3 is 10.6 Å². The van der Waals surface area contributed by atoms with E-state index in [4.69, 9.17) is 0 Å². The highest BCUT2D eigenvalue weighted by molar-refractivity contribution is 5.99. The fourth-order valence-corrected chi connectivity index (χ4v) is 1.74. The first-order valence-corrected chi connectivity index (χ1v) is 6.25. The van der Waals surface area contributed by atoms with E-state index >= 15 is 0 Å². The molecule has 1 aromatic rings. The fraction of sp³-hybridized carbons (Fsp3) is 0.500. The van der Waals surface area contributed by atoms with Crippen LogP contribution in [0, 0.1) is 6.92 Å². The van der Waals surface area contributed by atoms with Crippen LogP contribution in [0.3, 0.4) is 0 Å². The maximum absolute atomic E-state index is 12.0. The monoisotopic (exact) mass is 234 g/mol. The van der Waals surface area contributed by atoms with Crippen LogP contribution in [0.2, 0.25) is 0 Å². The zero-order valence-corrected chi connectivity index (χ0v) is 11.0. The van der Waals surface area contributed by atoms with Crippen molar-refractivity contribution in [3.8, 4) is 0 Å². The van der Waals surface area contributed by atoms with Gasteiger partial charge in [-0.1, -0.05) is 31.4 Å². The summed E-state index contributed by atoms with van der Waals surface area (Å²) < 4.78 is 0. The van der Waals surface area contributed by atoms with E-state index in [1.54, 1.807) is 0 Å². The summed E-state index contributed by atoms with van der Waals surface area (Å²) in [5.74, 6) is 0.00848. The minimum absolute atomic E-state index is 0.00848. The number of carbonyl (C=O) groups excluding carboxylic acids is 1. The Morgan fingerprint density at radius 2 is 2.06 bits per heavy atom. The molecule has 3 heteroatoms. The predicted molar refractivity (Wildman–Crippen MR) is 72.6 cm³/mol. The second-order valence-electron chi connectivity index (χ2n) is 4.26. The van der Waals surface area contributed by atoms with Crippen molar-refractivity contribution in [2.45, 2.75) is 33.1 Å². The summed E-state index contributed by atoms with van der Waals surface area (Å²) in [5, 5.41) is 6.00. The normalized spacial score (nSPS) is 10.1. The number of aryl methyl sites for hydroxylation is 1. The molecule has 0 aliphatic heterocycles. The standard InChI is InChI=1S/C14H22N2O/c1-4-5-6-9-16-14(17)12-10-11(2)7-8-13(12)15-3/h7-8,10,15H,4-6,9H2,1-3H3,(H,16,17). The lowest BCUT2D eigenvalue weighted by Gasteiger charge is -2.10. The summed E-state index contributed by atoms with van der Waals surface area (Å²) in [6, 6.07) is 5.86. The van der Waals surface area contributed by atoms with Crippen LogP contribution in [0.4, 0.5) is 5.69 Å². The molecule has 1 amide bonds. The molecule has 0 heterocycles. The Bertz CT molecular complexity index is 374. The van der Waals surface area contributed by atoms with Crippen molar-refractivity contribution in [2.75, 3.05) is 18.9 Å². The van der Waals surface area contributed by atoms with E-state index in [9.17, 15) is 4.79 Å². The molecule has 0 unspecified atom stereocenters. The van der Waals surface area contributed by atoms with E-state index in [1.807, 2.05) is 32.2 Å². The first kappa shape index (κ1) is 13.6. The Morgan fingerprint density at radius 1 is 1.29 bits per heavy atom. The summed E-state index contributed by atoms with van der Waals surface area (Å²) in [4.78, 5) is 12.0. The molecule has 94 valence electrons. The number of hydrogen-bond donors (Lipinski definition) is 2. The molecule has 3 nitrogen and oxygen atoms in total. The van der Waals surface area contributed by atoms with Gasteiger partial charge in [-0.2, -0.15) is 0 Å². The number of rotatable bonds is 6. The SMILES string of the molecule is CCCCCNC(=O)c1cc(C)ccc1NC. The number of nitrogens with one attached hydrogen (secondary N) is 2. The molecule has 0 aliphatic carbocycles. The highest BCUT2D eigenvalue weighted by Gasteiger charge is 2.09. The molecule has 17 heavy (non-hydrogen) atoms. The Kier molecular flexibility index (Phi) is 5.53. The van der Waals surface area contributed by atoms with Crippen molar-refractivity contribution in [3.63, 3.8) is 0 Å². The smallest absolute Gasteiger partial charge is 0.253 e. The van der Waals surface area contributed by atoms with Gasteiger partial charge in [-0.25, -0.2) is 0 Å². The maximum Gasteiger partial charge on any atom is 0.253 e. The van der Waals surface area contributed by atoms with Gasteiger partial charge in [0.15, 0.2) is 0 Å². The van der Waals surface area contributed by atoms with Gasteiger partial charge in [-0.05, 0) is 25.5 Å². The zero-order valence-electron chi connectivity index (χ0n) is 11.0. The van der Waals surface area contributed by atoms with Gasteiger partial charge in [0.2, 0.25) is 0 Å². The summed E-state index contributed by atoms with van der Waals surface area (Å²) in [5.41, 5.74) is 2.70. The lowest BCUT2D eigenvalue weighted by Crippen LogP contribution is -2.25. The number of benzene rings is 1. The van der Waals surface area contributed by atoms with Crippen LogP contribution in [0.5, 0.6) is 0 Å². The Hall–Kier alpha value is -1.51. The molecule has 0 radical (unpaired) electrons. The van der Waals surface area contributed by atoms with Crippen LogP contribution in [-0.2, 0) is 0 Å². The number of amides is 1. The van der Waals surface area contributed by atoms with Gasteiger partial charge in [-0.3, -0.25) is 4.79 Å². The second kappa shape index (κ2) is 6.94. The summed E-state index contributed by atoms with van der Waals surface area (Å²) >= 11 is 0. The van der Waals surface area contributed by atoms with E-state index in [0.717, 1.165) is 36.2 Å². The quantitative estimate of drug-likeness (QED) is 0.743. The maximum atomic E-state index is 12.0. The van der Waals surface area contributed by atoms with Gasteiger partial charge in [0.25, 0.3) is 5.91 Å². The number of hydrogen-bond acceptors (Lipinski definition) is 2. The highest BCUT2D eigenvalue weighted by atomic mass is 16.1. The van der Waals surface area contributed by atoms with Gasteiger partial charge in [0.1, 0.15) is 0 Å². The highest BCUT2D eigenvalue weighted by Crippen LogP contribution is 2.16. The summed E-state index contributed by atoms with van der Waals surface area (Å²) in [6.07, 6.45) is 3.37. The van der Waals surface area contributed by atoms with Crippen molar-refractivity contribution in [1.29, 1.82) is 0 Å². The molecule has 0 saturated heterocycles. The third-order valence-corrected chi connectivity index (χ3v) is 2.75. The molecular weight excluding hydrogens is 212 g/mol. The average Bonchev–Trinajstić information content (AvgIpc) is 2.34. The van der Waals surface area contributed by atoms with Crippen LogP contribution < -0.4 is 10.6 Å². The average molecular weight is 234 g/mol. The van der Waals surface area contributed by atoms with Crippen molar-refractivity contribution in [2.24, 2.45) is 0 Å². The molecular formula is C14H22N2O. The van der Waals surface area contributed by atoms with Crippen molar-refractivity contribution in [1.82, 2.24) is 5.32 Å². The number of anilines is 1. The molecule has 0 aromatic heterocycles. The van der Waals surface area contributed by atoms with Crippen molar-refractivity contribution < 1.29 is 4.79 Å². The largest absolute Gasteiger partial charge is 0.387 e. The number of unbranched alkanes of at least 4 members (excludes halogenated alkanes) is 2. The Morgan fingerprint density at radius 3 is 2.71 bits per heavy atom. The molecule has 1 rings (SSSR count). The first-order valence-electron chi connectivity index (χ1n) is 6.25. The van der Waals surface area contributed by atoms with E-state index < -0.39 is 0 Å². The van der Waals surface area contributed by atoms with Gasteiger partial charge in [0, 0.05) is 19.3 Å². The first-order chi connectivity index (χ1) is 8.19. The van der Waals surface area contributed by atoms with Crippen molar-refractivity contribution in [3.05, 3.63) is 29.3 Å². The summed E-state index contributed by atoms with van der Waals surface area (Å²) in [7, 11) is 1.83. The Labute approximate surface area is 104 Å². The molecule has 2 N–H and O–H groups in total. The van der Waals surface area contributed by atoms with Crippen LogP contribution in [0.25, 0.3) is 0 Å². The Balaban J connectivity index is 2.64. The third kappa shape index (κ3) is 4.10. The molecule has 0 spiro atoms. The van der Waals surface area contributed by atoms with E-state index in [0.29, 0.717) is 0 Å². The second-order valence-corrected chi connectivity index (χ2v) is 4.26. The summed E-state index contributed by atoms with van der Waals surface area (Å²) in [6.45, 7) is 4.90. The number of carbonyl (C=O) groups is 1. The van der Waals surface area contributed by atoms with Crippen LogP contribution in [0.1, 0.15) is 42.1 Å². The van der Waals surface area contributed by atoms with Gasteiger partial charge in [0.05, 0.1) is 5.56 Å². The molecule has 0 saturated carbocycles. The molecule has 0 fully saturated rings. The third-order valence-electron chi connectivity index (χ3n) is 2.75. The lowest BCUT2D eigenvalue weighted by atomic mass is 10.1. The van der Waals surface area contributed by atoms with Crippen molar-refractivity contribution >= 4 is 11.6 Å². The fourth-order valence-electron chi connectivity index (χ4n) is 1.74. The van der Waals surface area contributed by atoms with E-state index in [1.165, 1.54) is 6.42 Å². The predicted octanol–water partition coefficient (Wildman–Crippen LogP) is 2.96. The van der Waals surface area contributed by atoms with Gasteiger partial charge in [-0.15, -0.1) is 0 Å². The van der Waals surface area contributed by atoms with E-state index in [-0.39, 0.29) is 5.91 Å². The van der Waals surface area contributed by atoms with E-state index in [2.05, 4.69) is 17.6 Å². The minimum atomic E-state index is 0.00848. The molecule has 0 bridgehead atoms. The lowest BCUT2D eigenvalue weighted by molar-refractivity contribution is 0.0953. The molecule has 0 aliphatic rings. The van der Waals surface area contributed by atoms with Crippen LogP contribution >= 0.6 is 0 Å². The minimum Gasteiger partial charge on any atom is -0.387 e. The van der Waals surface area contributed by atoms with Crippen LogP contribution in [0.15, 0.2) is 18.2 Å². The topological polar surface area (TPSA) is 41.1 Å². The van der Waals surface area contributed by atoms with Crippen LogP contribution in [-0.4, -0.2) is 19.5 Å².